The summed E-state index contributed by atoms with van der Waals surface area (Å²) in [6, 6.07) is 0. The normalized spacial score (nSPS) is 9.90. The van der Waals surface area contributed by atoms with E-state index in [4.69, 9.17) is 9.84 Å². The smallest absolute Gasteiger partial charge is 0.408 e. The molecule has 0 aliphatic carbocycles. The molecular weight excluding hydrogens is 270 g/mol. The molecule has 0 aliphatic rings. The van der Waals surface area contributed by atoms with Crippen LogP contribution in [0.2, 0.25) is 0 Å². The quantitative estimate of drug-likeness (QED) is 0.771. The number of aliphatic carboxylic acids is 1. The molecular formula is C16H29NO4. The first kappa shape index (κ1) is 24.0. The molecule has 21 heavy (non-hydrogen) atoms. The topological polar surface area (TPSA) is 75.6 Å². The Balaban J connectivity index is -0.000000307. The number of carbonyl (C=O) groups is 2. The van der Waals surface area contributed by atoms with Crippen LogP contribution in [0.5, 0.6) is 0 Å². The fourth-order valence-corrected chi connectivity index (χ4v) is 0.716. The summed E-state index contributed by atoms with van der Waals surface area (Å²) in [6.07, 6.45) is 4.73. The molecule has 0 atom stereocenters. The van der Waals surface area contributed by atoms with Gasteiger partial charge >= 0.3 is 12.1 Å². The maximum absolute atomic E-state index is 10.8. The van der Waals surface area contributed by atoms with Crippen molar-refractivity contribution in [1.82, 2.24) is 5.32 Å². The third-order valence-corrected chi connectivity index (χ3v) is 1.49. The Morgan fingerprint density at radius 1 is 1.24 bits per heavy atom. The Morgan fingerprint density at radius 3 is 1.95 bits per heavy atom. The summed E-state index contributed by atoms with van der Waals surface area (Å²) in [4.78, 5) is 20.8. The molecule has 0 rings (SSSR count). The predicted octanol–water partition coefficient (Wildman–Crippen LogP) is 3.93. The molecule has 0 aliphatic heterocycles. The van der Waals surface area contributed by atoms with E-state index in [1.165, 1.54) is 0 Å². The molecule has 0 aromatic carbocycles. The van der Waals surface area contributed by atoms with Gasteiger partial charge in [-0.05, 0) is 27.7 Å². The second-order valence-corrected chi connectivity index (χ2v) is 4.60. The molecule has 0 unspecified atom stereocenters. The standard InChI is InChI=1S/C7H13NO4.C7H10.C2H6/c1-7(2,3)12-6(11)8-4-5(9)10;1-4-6-7(3)5-2;1-2/h4H2,1-3H3,(H,8,11)(H,9,10);4-6H,1-2H2,3H3;1-2H3/b;7-6-;. The number of hydrogen-bond acceptors (Lipinski definition) is 3. The summed E-state index contributed by atoms with van der Waals surface area (Å²) in [5.41, 5.74) is 0.553. The fourth-order valence-electron chi connectivity index (χ4n) is 0.716. The Bertz CT molecular complexity index is 352. The first-order valence-electron chi connectivity index (χ1n) is 6.72. The van der Waals surface area contributed by atoms with E-state index in [0.29, 0.717) is 0 Å². The lowest BCUT2D eigenvalue weighted by molar-refractivity contribution is -0.136. The number of ether oxygens (including phenoxy) is 1. The number of rotatable bonds is 4. The zero-order chi connectivity index (χ0) is 17.5. The number of carboxylic acids is 1. The summed E-state index contributed by atoms with van der Waals surface area (Å²) in [5, 5.41) is 10.3. The van der Waals surface area contributed by atoms with Gasteiger partial charge in [0.2, 0.25) is 0 Å². The number of hydrogen-bond donors (Lipinski definition) is 2. The highest BCUT2D eigenvalue weighted by molar-refractivity contribution is 5.76. The lowest BCUT2D eigenvalue weighted by Gasteiger charge is -2.19. The van der Waals surface area contributed by atoms with Gasteiger partial charge in [0, 0.05) is 0 Å². The average molecular weight is 299 g/mol. The molecule has 0 fully saturated rings. The van der Waals surface area contributed by atoms with Crippen LogP contribution in [0.1, 0.15) is 41.5 Å². The van der Waals surface area contributed by atoms with Crippen molar-refractivity contribution in [2.45, 2.75) is 47.1 Å². The molecule has 0 spiro atoms. The predicted molar refractivity (Wildman–Crippen MR) is 87.4 cm³/mol. The van der Waals surface area contributed by atoms with Crippen LogP contribution < -0.4 is 5.32 Å². The second-order valence-electron chi connectivity index (χ2n) is 4.60. The van der Waals surface area contributed by atoms with Crippen LogP contribution in [0.25, 0.3) is 0 Å². The highest BCUT2D eigenvalue weighted by atomic mass is 16.6. The monoisotopic (exact) mass is 299 g/mol. The van der Waals surface area contributed by atoms with E-state index in [2.05, 4.69) is 18.5 Å². The summed E-state index contributed by atoms with van der Waals surface area (Å²) < 4.78 is 4.77. The van der Waals surface area contributed by atoms with E-state index in [9.17, 15) is 9.59 Å². The molecule has 0 aromatic rings. The van der Waals surface area contributed by atoms with Gasteiger partial charge in [0.15, 0.2) is 0 Å². The zero-order valence-corrected chi connectivity index (χ0v) is 14.0. The molecule has 0 bridgehead atoms. The summed E-state index contributed by atoms with van der Waals surface area (Å²) in [7, 11) is 0. The minimum absolute atomic E-state index is 0.422. The van der Waals surface area contributed by atoms with Crippen LogP contribution in [0.15, 0.2) is 37.0 Å². The highest BCUT2D eigenvalue weighted by Gasteiger charge is 2.15. The maximum Gasteiger partial charge on any atom is 0.408 e. The lowest BCUT2D eigenvalue weighted by Crippen LogP contribution is -2.35. The summed E-state index contributed by atoms with van der Waals surface area (Å²) >= 11 is 0. The Hall–Kier alpha value is -2.04. The molecule has 5 heteroatoms. The van der Waals surface area contributed by atoms with Gasteiger partial charge in [-0.1, -0.05) is 50.8 Å². The minimum Gasteiger partial charge on any atom is -0.480 e. The van der Waals surface area contributed by atoms with E-state index in [-0.39, 0.29) is 0 Å². The van der Waals surface area contributed by atoms with Crippen LogP contribution >= 0.6 is 0 Å². The van der Waals surface area contributed by atoms with E-state index in [1.54, 1.807) is 32.9 Å². The van der Waals surface area contributed by atoms with Gasteiger partial charge in [-0.3, -0.25) is 4.79 Å². The third-order valence-electron chi connectivity index (χ3n) is 1.49. The van der Waals surface area contributed by atoms with Gasteiger partial charge < -0.3 is 15.2 Å². The molecule has 5 nitrogen and oxygen atoms in total. The third kappa shape index (κ3) is 27.2. The molecule has 0 saturated carbocycles. The molecule has 2 N–H and O–H groups in total. The number of allylic oxidation sites excluding steroid dienone is 4. The number of carboxylic acid groups (broad SMARTS) is 1. The largest absolute Gasteiger partial charge is 0.480 e. The van der Waals surface area contributed by atoms with Gasteiger partial charge in [0.05, 0.1) is 0 Å². The van der Waals surface area contributed by atoms with Gasteiger partial charge in [-0.15, -0.1) is 0 Å². The number of amides is 1. The fraction of sp³-hybridized carbons (Fsp3) is 0.500. The first-order chi connectivity index (χ1) is 9.62. The minimum atomic E-state index is -1.10. The van der Waals surface area contributed by atoms with E-state index < -0.39 is 24.2 Å². The van der Waals surface area contributed by atoms with E-state index >= 15 is 0 Å². The first-order valence-corrected chi connectivity index (χ1v) is 6.72. The Morgan fingerprint density at radius 2 is 1.71 bits per heavy atom. The molecule has 0 saturated heterocycles. The lowest BCUT2D eigenvalue weighted by atomic mass is 10.2. The molecule has 0 radical (unpaired) electrons. The summed E-state index contributed by atoms with van der Waals surface area (Å²) in [5.74, 6) is -1.10. The van der Waals surface area contributed by atoms with Crippen molar-refractivity contribution in [2.75, 3.05) is 6.54 Å². The Labute approximate surface area is 128 Å². The maximum atomic E-state index is 10.8. The van der Waals surface area contributed by atoms with Crippen molar-refractivity contribution in [3.8, 4) is 0 Å². The molecule has 122 valence electrons. The molecule has 1 amide bonds. The number of nitrogens with one attached hydrogen (secondary N) is 1. The van der Waals surface area contributed by atoms with Crippen LogP contribution in [0.4, 0.5) is 4.79 Å². The van der Waals surface area contributed by atoms with Crippen molar-refractivity contribution in [2.24, 2.45) is 0 Å². The second kappa shape index (κ2) is 14.4. The van der Waals surface area contributed by atoms with Crippen LogP contribution in [-0.4, -0.2) is 29.3 Å². The van der Waals surface area contributed by atoms with Crippen LogP contribution in [0.3, 0.4) is 0 Å². The molecule has 0 heterocycles. The number of alkyl carbamates (subject to hydrolysis) is 1. The van der Waals surface area contributed by atoms with Crippen molar-refractivity contribution >= 4 is 12.1 Å². The molecule has 0 aromatic heterocycles. The van der Waals surface area contributed by atoms with E-state index in [1.807, 2.05) is 26.8 Å². The van der Waals surface area contributed by atoms with Gasteiger partial charge in [-0.25, -0.2) is 4.79 Å². The van der Waals surface area contributed by atoms with Crippen molar-refractivity contribution in [3.63, 3.8) is 0 Å². The zero-order valence-electron chi connectivity index (χ0n) is 14.0. The number of carbonyl (C=O) groups excluding carboxylic acids is 1. The van der Waals surface area contributed by atoms with Crippen LogP contribution in [-0.2, 0) is 9.53 Å². The van der Waals surface area contributed by atoms with Crippen molar-refractivity contribution in [3.05, 3.63) is 37.0 Å². The van der Waals surface area contributed by atoms with Crippen LogP contribution in [0, 0.1) is 0 Å². The van der Waals surface area contributed by atoms with E-state index in [0.717, 1.165) is 5.57 Å². The average Bonchev–Trinajstić information content (AvgIpc) is 2.38. The van der Waals surface area contributed by atoms with Gasteiger partial charge in [0.25, 0.3) is 0 Å². The Kier molecular flexibility index (Phi) is 16.4. The SMILES string of the molecule is C=C/C=C(/C)C=C.CC.CC(C)(C)OC(=O)NCC(=O)O. The summed E-state index contributed by atoms with van der Waals surface area (Å²) in [6.45, 7) is 17.8. The van der Waals surface area contributed by atoms with Crippen molar-refractivity contribution < 1.29 is 19.4 Å². The van der Waals surface area contributed by atoms with Gasteiger partial charge in [0.1, 0.15) is 12.1 Å². The van der Waals surface area contributed by atoms with Crippen molar-refractivity contribution in [1.29, 1.82) is 0 Å². The highest BCUT2D eigenvalue weighted by Crippen LogP contribution is 2.05. The van der Waals surface area contributed by atoms with Gasteiger partial charge in [-0.2, -0.15) is 0 Å².